The summed E-state index contributed by atoms with van der Waals surface area (Å²) in [5.74, 6) is -2.35. The largest absolute Gasteiger partial charge is 0.465 e. The third kappa shape index (κ3) is 6.51. The van der Waals surface area contributed by atoms with Gasteiger partial charge in [-0.05, 0) is 60.7 Å². The maximum absolute atomic E-state index is 13.1. The molecule has 0 aliphatic heterocycles. The van der Waals surface area contributed by atoms with Gasteiger partial charge in [-0.1, -0.05) is 12.7 Å². The Morgan fingerprint density at radius 1 is 0.784 bits per heavy atom. The zero-order valence-electron chi connectivity index (χ0n) is 20.1. The van der Waals surface area contributed by atoms with Crippen LogP contribution in [0.5, 0.6) is 11.5 Å². The lowest BCUT2D eigenvalue weighted by molar-refractivity contribution is 0.0521. The number of carbonyl (C=O) groups is 4. The Balaban J connectivity index is 1.91. The fourth-order valence-electron chi connectivity index (χ4n) is 3.20. The van der Waals surface area contributed by atoms with Crippen molar-refractivity contribution in [2.24, 2.45) is 0 Å². The predicted molar refractivity (Wildman–Crippen MR) is 135 cm³/mol. The molecule has 0 bridgehead atoms. The molecule has 0 spiro atoms. The van der Waals surface area contributed by atoms with Crippen molar-refractivity contribution in [3.63, 3.8) is 0 Å². The van der Waals surface area contributed by atoms with Gasteiger partial charge in [-0.15, -0.1) is 0 Å². The standard InChI is InChI=1S/C27H24N2O8/c1-4-13-36-27(33)23-15-21(25(31)34-2)20(14-22(23)26(32)35-3)24(30)29-17-7-11-19(12-8-17)37-18-9-5-16(28)6-10-18/h4-12,14-15H,1,13,28H2,2-3H3,(H,29,30). The number of hydrogen-bond acceptors (Lipinski definition) is 9. The zero-order chi connectivity index (χ0) is 26.9. The summed E-state index contributed by atoms with van der Waals surface area (Å²) in [6.45, 7) is 3.33. The minimum atomic E-state index is -0.908. The number of carbonyl (C=O) groups excluding carboxylic acids is 4. The molecule has 0 fully saturated rings. The van der Waals surface area contributed by atoms with E-state index in [-0.39, 0.29) is 28.9 Å². The number of amides is 1. The van der Waals surface area contributed by atoms with Crippen LogP contribution in [-0.2, 0) is 14.2 Å². The van der Waals surface area contributed by atoms with Crippen molar-refractivity contribution in [2.45, 2.75) is 0 Å². The Morgan fingerprint density at radius 2 is 1.27 bits per heavy atom. The number of nitrogens with two attached hydrogens (primary N) is 1. The van der Waals surface area contributed by atoms with E-state index in [4.69, 9.17) is 24.7 Å². The molecule has 0 atom stereocenters. The fourth-order valence-corrected chi connectivity index (χ4v) is 3.20. The molecule has 3 aromatic rings. The van der Waals surface area contributed by atoms with Crippen LogP contribution in [0, 0.1) is 0 Å². The molecule has 0 aliphatic rings. The van der Waals surface area contributed by atoms with Gasteiger partial charge in [0.2, 0.25) is 0 Å². The minimum absolute atomic E-state index is 0.132. The normalized spacial score (nSPS) is 10.1. The topological polar surface area (TPSA) is 143 Å². The summed E-state index contributed by atoms with van der Waals surface area (Å²) in [5, 5.41) is 2.64. The number of benzene rings is 3. The van der Waals surface area contributed by atoms with Gasteiger partial charge in [-0.25, -0.2) is 14.4 Å². The monoisotopic (exact) mass is 504 g/mol. The van der Waals surface area contributed by atoms with Crippen LogP contribution < -0.4 is 15.8 Å². The Morgan fingerprint density at radius 3 is 1.81 bits per heavy atom. The summed E-state index contributed by atoms with van der Waals surface area (Å²) in [6.07, 6.45) is 1.34. The highest BCUT2D eigenvalue weighted by atomic mass is 16.5. The lowest BCUT2D eigenvalue weighted by atomic mass is 9.97. The van der Waals surface area contributed by atoms with Gasteiger partial charge >= 0.3 is 17.9 Å². The molecule has 0 aromatic heterocycles. The van der Waals surface area contributed by atoms with Crippen LogP contribution >= 0.6 is 0 Å². The van der Waals surface area contributed by atoms with Gasteiger partial charge in [-0.2, -0.15) is 0 Å². The Hall–Kier alpha value is -5.12. The maximum Gasteiger partial charge on any atom is 0.339 e. The van der Waals surface area contributed by atoms with E-state index in [1.807, 2.05) is 0 Å². The molecule has 0 saturated carbocycles. The summed E-state index contributed by atoms with van der Waals surface area (Å²) in [7, 11) is 2.23. The third-order valence-electron chi connectivity index (χ3n) is 4.99. The average Bonchev–Trinajstić information content (AvgIpc) is 2.92. The van der Waals surface area contributed by atoms with E-state index in [1.54, 1.807) is 48.5 Å². The molecule has 0 unspecified atom stereocenters. The molecule has 0 saturated heterocycles. The van der Waals surface area contributed by atoms with Gasteiger partial charge in [0.05, 0.1) is 36.5 Å². The van der Waals surface area contributed by atoms with E-state index in [0.717, 1.165) is 26.4 Å². The van der Waals surface area contributed by atoms with Gasteiger partial charge in [0.1, 0.15) is 18.1 Å². The van der Waals surface area contributed by atoms with Gasteiger partial charge in [0.15, 0.2) is 0 Å². The second kappa shape index (κ2) is 12.0. The number of nitrogens with one attached hydrogen (secondary N) is 1. The van der Waals surface area contributed by atoms with Crippen LogP contribution in [0.3, 0.4) is 0 Å². The van der Waals surface area contributed by atoms with Crippen LogP contribution in [0.4, 0.5) is 11.4 Å². The Bertz CT molecular complexity index is 1330. The number of rotatable bonds is 9. The number of ether oxygens (including phenoxy) is 4. The highest BCUT2D eigenvalue weighted by Crippen LogP contribution is 2.25. The quantitative estimate of drug-likeness (QED) is 0.189. The Kier molecular flexibility index (Phi) is 8.61. The van der Waals surface area contributed by atoms with Crippen LogP contribution in [-0.4, -0.2) is 44.6 Å². The van der Waals surface area contributed by atoms with Crippen LogP contribution in [0.15, 0.2) is 73.3 Å². The van der Waals surface area contributed by atoms with Crippen LogP contribution in [0.2, 0.25) is 0 Å². The van der Waals surface area contributed by atoms with E-state index >= 15 is 0 Å². The molecule has 1 amide bonds. The minimum Gasteiger partial charge on any atom is -0.465 e. The van der Waals surface area contributed by atoms with Crippen molar-refractivity contribution in [3.8, 4) is 11.5 Å². The first-order valence-electron chi connectivity index (χ1n) is 10.8. The van der Waals surface area contributed by atoms with E-state index in [2.05, 4.69) is 11.9 Å². The van der Waals surface area contributed by atoms with Crippen molar-refractivity contribution >= 4 is 35.2 Å². The molecule has 190 valence electrons. The van der Waals surface area contributed by atoms with Crippen LogP contribution in [0.25, 0.3) is 0 Å². The van der Waals surface area contributed by atoms with E-state index in [9.17, 15) is 19.2 Å². The van der Waals surface area contributed by atoms with Crippen molar-refractivity contribution in [1.82, 2.24) is 0 Å². The summed E-state index contributed by atoms with van der Waals surface area (Å²) in [5.41, 5.74) is 5.66. The van der Waals surface area contributed by atoms with Crippen molar-refractivity contribution in [3.05, 3.63) is 95.6 Å². The first kappa shape index (κ1) is 26.5. The highest BCUT2D eigenvalue weighted by molar-refractivity contribution is 6.14. The van der Waals surface area contributed by atoms with E-state index in [1.165, 1.54) is 6.08 Å². The van der Waals surface area contributed by atoms with Gasteiger partial charge in [0.25, 0.3) is 5.91 Å². The number of methoxy groups -OCH3 is 2. The molecule has 0 aliphatic carbocycles. The van der Waals surface area contributed by atoms with E-state index < -0.39 is 23.8 Å². The zero-order valence-corrected chi connectivity index (χ0v) is 20.1. The first-order chi connectivity index (χ1) is 17.8. The molecule has 0 heterocycles. The maximum atomic E-state index is 13.1. The number of nitrogen functional groups attached to an aromatic ring is 1. The van der Waals surface area contributed by atoms with Crippen molar-refractivity contribution in [1.29, 1.82) is 0 Å². The fraction of sp³-hybridized carbons (Fsp3) is 0.111. The number of esters is 3. The molecule has 0 radical (unpaired) electrons. The first-order valence-corrected chi connectivity index (χ1v) is 10.8. The predicted octanol–water partition coefficient (Wildman–Crippen LogP) is 4.23. The molecule has 37 heavy (non-hydrogen) atoms. The Labute approximate surface area is 212 Å². The number of anilines is 2. The molecule has 3 rings (SSSR count). The lowest BCUT2D eigenvalue weighted by Crippen LogP contribution is -2.21. The average molecular weight is 504 g/mol. The van der Waals surface area contributed by atoms with Crippen LogP contribution in [0.1, 0.15) is 41.4 Å². The second-order valence-electron chi connectivity index (χ2n) is 7.46. The van der Waals surface area contributed by atoms with Gasteiger partial charge in [0, 0.05) is 11.4 Å². The summed E-state index contributed by atoms with van der Waals surface area (Å²) >= 11 is 0. The molecular formula is C27H24N2O8. The van der Waals surface area contributed by atoms with Crippen molar-refractivity contribution in [2.75, 3.05) is 31.9 Å². The molecule has 10 nitrogen and oxygen atoms in total. The molecule has 3 N–H and O–H groups in total. The molecular weight excluding hydrogens is 480 g/mol. The lowest BCUT2D eigenvalue weighted by Gasteiger charge is -2.14. The molecule has 10 heteroatoms. The van der Waals surface area contributed by atoms with E-state index in [0.29, 0.717) is 22.9 Å². The summed E-state index contributed by atoms with van der Waals surface area (Å²) in [6, 6.07) is 15.4. The second-order valence-corrected chi connectivity index (χ2v) is 7.46. The number of hydrogen-bond donors (Lipinski definition) is 2. The summed E-state index contributed by atoms with van der Waals surface area (Å²) < 4.78 is 20.2. The van der Waals surface area contributed by atoms with Gasteiger partial charge in [-0.3, -0.25) is 4.79 Å². The third-order valence-corrected chi connectivity index (χ3v) is 4.99. The summed E-state index contributed by atoms with van der Waals surface area (Å²) in [4.78, 5) is 50.5. The van der Waals surface area contributed by atoms with Crippen molar-refractivity contribution < 1.29 is 38.1 Å². The highest BCUT2D eigenvalue weighted by Gasteiger charge is 2.27. The van der Waals surface area contributed by atoms with Gasteiger partial charge < -0.3 is 30.0 Å². The smallest absolute Gasteiger partial charge is 0.339 e. The molecule has 3 aromatic carbocycles. The SMILES string of the molecule is C=CCOC(=O)c1cc(C(=O)OC)c(C(=O)Nc2ccc(Oc3ccc(N)cc3)cc2)cc1C(=O)OC.